The van der Waals surface area contributed by atoms with Crippen LogP contribution in [0.25, 0.3) is 0 Å². The molecule has 0 radical (unpaired) electrons. The second-order valence-corrected chi connectivity index (χ2v) is 5.64. The van der Waals surface area contributed by atoms with E-state index < -0.39 is 0 Å². The fourth-order valence-corrected chi connectivity index (χ4v) is 3.33. The highest BCUT2D eigenvalue weighted by Gasteiger charge is 2.60. The van der Waals surface area contributed by atoms with Crippen molar-refractivity contribution in [1.82, 2.24) is 0 Å². The molecule has 0 aromatic heterocycles. The number of nitriles is 1. The Labute approximate surface area is 86.8 Å². The van der Waals surface area contributed by atoms with Crippen molar-refractivity contribution in [1.29, 1.82) is 5.26 Å². The Balaban J connectivity index is 2.03. The molecule has 0 amide bonds. The Bertz CT molecular complexity index is 295. The molecule has 0 aromatic rings. The van der Waals surface area contributed by atoms with Gasteiger partial charge in [-0.05, 0) is 41.9 Å². The smallest absolute Gasteiger partial charge is 0.0908 e. The summed E-state index contributed by atoms with van der Waals surface area (Å²) in [7, 11) is 0. The van der Waals surface area contributed by atoms with Gasteiger partial charge in [-0.15, -0.1) is 0 Å². The van der Waals surface area contributed by atoms with E-state index in [0.717, 1.165) is 17.8 Å². The zero-order chi connectivity index (χ0) is 10.3. The van der Waals surface area contributed by atoms with Crippen LogP contribution in [0, 0.1) is 40.4 Å². The highest BCUT2D eigenvalue weighted by atomic mass is 14.6. The third-order valence-corrected chi connectivity index (χ3v) is 4.59. The molecule has 2 aliphatic rings. The van der Waals surface area contributed by atoms with Crippen LogP contribution in [-0.4, -0.2) is 0 Å². The molecule has 0 spiro atoms. The van der Waals surface area contributed by atoms with Gasteiger partial charge in [0.2, 0.25) is 0 Å². The average molecular weight is 189 g/mol. The van der Waals surface area contributed by atoms with Crippen LogP contribution in [-0.2, 0) is 0 Å². The molecule has 0 saturated heterocycles. The molecule has 0 N–H and O–H groups in total. The molecule has 4 atom stereocenters. The quantitative estimate of drug-likeness (QED) is 0.580. The number of allylic oxidation sites excluding steroid dienone is 2. The van der Waals surface area contributed by atoms with Crippen molar-refractivity contribution in [3.05, 3.63) is 12.2 Å². The molecule has 0 aromatic carbocycles. The lowest BCUT2D eigenvalue weighted by molar-refractivity contribution is 0.293. The van der Waals surface area contributed by atoms with E-state index in [-0.39, 0.29) is 0 Å². The first-order valence-corrected chi connectivity index (χ1v) is 5.63. The van der Waals surface area contributed by atoms with Gasteiger partial charge in [0.25, 0.3) is 0 Å². The number of hydrogen-bond acceptors (Lipinski definition) is 1. The van der Waals surface area contributed by atoms with Crippen LogP contribution in [0.4, 0.5) is 0 Å². The first-order valence-electron chi connectivity index (χ1n) is 5.63. The lowest BCUT2D eigenvalue weighted by Gasteiger charge is -2.25. The summed E-state index contributed by atoms with van der Waals surface area (Å²) < 4.78 is 0. The van der Waals surface area contributed by atoms with Crippen LogP contribution >= 0.6 is 0 Å². The maximum absolute atomic E-state index is 8.53. The molecule has 1 heteroatoms. The van der Waals surface area contributed by atoms with Gasteiger partial charge < -0.3 is 0 Å². The summed E-state index contributed by atoms with van der Waals surface area (Å²) in [5.41, 5.74) is 0.587. The van der Waals surface area contributed by atoms with Gasteiger partial charge in [-0.25, -0.2) is 0 Å². The van der Waals surface area contributed by atoms with E-state index in [1.54, 1.807) is 6.08 Å². The third-order valence-electron chi connectivity index (χ3n) is 4.59. The van der Waals surface area contributed by atoms with E-state index in [1.807, 2.05) is 0 Å². The van der Waals surface area contributed by atoms with Crippen molar-refractivity contribution < 1.29 is 0 Å². The molecule has 2 aliphatic carbocycles. The minimum absolute atomic E-state index is 0.587. The van der Waals surface area contributed by atoms with Gasteiger partial charge in [0.1, 0.15) is 0 Å². The molecule has 0 aliphatic heterocycles. The fourth-order valence-electron chi connectivity index (χ4n) is 3.33. The third kappa shape index (κ3) is 1.38. The van der Waals surface area contributed by atoms with Crippen molar-refractivity contribution in [3.8, 4) is 6.07 Å². The largest absolute Gasteiger partial charge is 0.193 e. The number of rotatable bonds is 1. The van der Waals surface area contributed by atoms with E-state index in [2.05, 4.69) is 32.9 Å². The molecule has 2 fully saturated rings. The average Bonchev–Trinajstić information content (AvgIpc) is 2.65. The van der Waals surface area contributed by atoms with Crippen LogP contribution in [0.1, 0.15) is 33.6 Å². The Morgan fingerprint density at radius 3 is 2.57 bits per heavy atom. The molecule has 76 valence electrons. The second kappa shape index (κ2) is 3.12. The normalized spacial score (nSPS) is 44.4. The summed E-state index contributed by atoms with van der Waals surface area (Å²) in [5, 5.41) is 8.53. The lowest BCUT2D eigenvalue weighted by Crippen LogP contribution is -2.16. The summed E-state index contributed by atoms with van der Waals surface area (Å²) >= 11 is 0. The Kier molecular flexibility index (Phi) is 2.18. The van der Waals surface area contributed by atoms with Crippen molar-refractivity contribution in [2.24, 2.45) is 29.1 Å². The predicted molar refractivity (Wildman–Crippen MR) is 57.4 cm³/mol. The van der Waals surface area contributed by atoms with Gasteiger partial charge >= 0.3 is 0 Å². The van der Waals surface area contributed by atoms with Crippen molar-refractivity contribution in [2.75, 3.05) is 0 Å². The number of nitrogens with zero attached hydrogens (tertiary/aromatic N) is 1. The van der Waals surface area contributed by atoms with E-state index in [1.165, 1.54) is 12.8 Å². The van der Waals surface area contributed by atoms with Crippen molar-refractivity contribution in [2.45, 2.75) is 33.6 Å². The zero-order valence-corrected chi connectivity index (χ0v) is 9.33. The molecule has 0 bridgehead atoms. The minimum atomic E-state index is 0.587. The number of hydrogen-bond donors (Lipinski definition) is 0. The fraction of sp³-hybridized carbons (Fsp3) is 0.769. The monoisotopic (exact) mass is 189 g/mol. The number of fused-ring (bicyclic) bond motifs is 1. The molecular formula is C13H19N. The Morgan fingerprint density at radius 2 is 1.93 bits per heavy atom. The highest BCUT2D eigenvalue weighted by molar-refractivity contribution is 5.13. The summed E-state index contributed by atoms with van der Waals surface area (Å²) in [6, 6.07) is 2.10. The second-order valence-electron chi connectivity index (χ2n) is 5.64. The van der Waals surface area contributed by atoms with Crippen molar-refractivity contribution >= 4 is 0 Å². The molecule has 2 saturated carbocycles. The molecule has 4 unspecified atom stereocenters. The first-order chi connectivity index (χ1) is 6.57. The van der Waals surface area contributed by atoms with Crippen LogP contribution < -0.4 is 0 Å². The summed E-state index contributed by atoms with van der Waals surface area (Å²) in [5.74, 6) is 3.30. The summed E-state index contributed by atoms with van der Waals surface area (Å²) in [4.78, 5) is 0. The van der Waals surface area contributed by atoms with Gasteiger partial charge in [0.05, 0.1) is 6.07 Å². The van der Waals surface area contributed by atoms with E-state index in [9.17, 15) is 0 Å². The molecule has 2 rings (SSSR count). The Hall–Kier alpha value is -0.770. The lowest BCUT2D eigenvalue weighted by atomic mass is 9.80. The predicted octanol–water partition coefficient (Wildman–Crippen LogP) is 3.38. The Morgan fingerprint density at radius 1 is 1.29 bits per heavy atom. The van der Waals surface area contributed by atoms with Gasteiger partial charge in [0.15, 0.2) is 0 Å². The van der Waals surface area contributed by atoms with Gasteiger partial charge in [-0.3, -0.25) is 0 Å². The minimum Gasteiger partial charge on any atom is -0.193 e. The van der Waals surface area contributed by atoms with Crippen LogP contribution in [0.3, 0.4) is 0 Å². The van der Waals surface area contributed by atoms with Crippen LogP contribution in [0.2, 0.25) is 0 Å². The maximum atomic E-state index is 8.53. The molecule has 1 nitrogen and oxygen atoms in total. The molecule has 0 heterocycles. The van der Waals surface area contributed by atoms with Gasteiger partial charge in [0, 0.05) is 6.08 Å². The van der Waals surface area contributed by atoms with E-state index >= 15 is 0 Å². The van der Waals surface area contributed by atoms with Crippen LogP contribution in [0.5, 0.6) is 0 Å². The van der Waals surface area contributed by atoms with E-state index in [4.69, 9.17) is 5.26 Å². The van der Waals surface area contributed by atoms with Gasteiger partial charge in [-0.2, -0.15) is 5.26 Å². The maximum Gasteiger partial charge on any atom is 0.0908 e. The first kappa shape index (κ1) is 9.77. The zero-order valence-electron chi connectivity index (χ0n) is 9.33. The van der Waals surface area contributed by atoms with Crippen molar-refractivity contribution in [3.63, 3.8) is 0 Å². The summed E-state index contributed by atoms with van der Waals surface area (Å²) in [6.45, 7) is 7.12. The molecular weight excluding hydrogens is 170 g/mol. The van der Waals surface area contributed by atoms with E-state index in [0.29, 0.717) is 11.3 Å². The van der Waals surface area contributed by atoms with Crippen LogP contribution in [0.15, 0.2) is 12.2 Å². The standard InChI is InChI=1S/C13H19N/c1-9-7-11-12(13(11,2)3)8-10(9)5-4-6-14/h4-5,9-12H,7-8H2,1-3H3. The summed E-state index contributed by atoms with van der Waals surface area (Å²) in [6.07, 6.45) is 6.45. The SMILES string of the molecule is CC1CC2C(CC1C=CC#N)C2(C)C. The molecule has 14 heavy (non-hydrogen) atoms. The topological polar surface area (TPSA) is 23.8 Å². The highest BCUT2D eigenvalue weighted by Crippen LogP contribution is 2.66. The van der Waals surface area contributed by atoms with Gasteiger partial charge in [-0.1, -0.05) is 26.8 Å².